The SMILES string of the molecule is O=C(O)C1CNC(C(=O)c2ccccc2)C1. The topological polar surface area (TPSA) is 66.4 Å². The van der Waals surface area contributed by atoms with E-state index in [0.717, 1.165) is 0 Å². The van der Waals surface area contributed by atoms with Gasteiger partial charge in [0.15, 0.2) is 5.78 Å². The van der Waals surface area contributed by atoms with Crippen LogP contribution in [-0.4, -0.2) is 29.4 Å². The highest BCUT2D eigenvalue weighted by Crippen LogP contribution is 2.17. The number of rotatable bonds is 3. The van der Waals surface area contributed by atoms with Crippen LogP contribution < -0.4 is 5.32 Å². The smallest absolute Gasteiger partial charge is 0.307 e. The van der Waals surface area contributed by atoms with Crippen molar-refractivity contribution in [3.05, 3.63) is 35.9 Å². The van der Waals surface area contributed by atoms with Crippen molar-refractivity contribution in [1.82, 2.24) is 5.32 Å². The quantitative estimate of drug-likeness (QED) is 0.742. The van der Waals surface area contributed by atoms with Gasteiger partial charge in [-0.25, -0.2) is 0 Å². The van der Waals surface area contributed by atoms with E-state index in [1.165, 1.54) is 0 Å². The van der Waals surface area contributed by atoms with Crippen molar-refractivity contribution in [2.45, 2.75) is 12.5 Å². The van der Waals surface area contributed by atoms with Gasteiger partial charge in [0.2, 0.25) is 0 Å². The van der Waals surface area contributed by atoms with Crippen molar-refractivity contribution in [1.29, 1.82) is 0 Å². The van der Waals surface area contributed by atoms with Crippen molar-refractivity contribution in [3.8, 4) is 0 Å². The Labute approximate surface area is 93.3 Å². The molecule has 4 nitrogen and oxygen atoms in total. The Bertz CT molecular complexity index is 402. The lowest BCUT2D eigenvalue weighted by molar-refractivity contribution is -0.141. The number of hydrogen-bond donors (Lipinski definition) is 2. The second-order valence-corrected chi connectivity index (χ2v) is 3.96. The molecule has 0 bridgehead atoms. The van der Waals surface area contributed by atoms with Gasteiger partial charge in [-0.2, -0.15) is 0 Å². The number of Topliss-reactive ketones (excluding diaryl/α,β-unsaturated/α-hetero) is 1. The van der Waals surface area contributed by atoms with Crippen molar-refractivity contribution in [2.75, 3.05) is 6.54 Å². The van der Waals surface area contributed by atoms with Crippen molar-refractivity contribution >= 4 is 11.8 Å². The van der Waals surface area contributed by atoms with Gasteiger partial charge >= 0.3 is 5.97 Å². The molecule has 0 radical (unpaired) electrons. The zero-order chi connectivity index (χ0) is 11.5. The first-order chi connectivity index (χ1) is 7.68. The third-order valence-corrected chi connectivity index (χ3v) is 2.85. The molecule has 84 valence electrons. The molecule has 1 aromatic rings. The summed E-state index contributed by atoms with van der Waals surface area (Å²) in [4.78, 5) is 22.7. The Hall–Kier alpha value is -1.68. The van der Waals surface area contributed by atoms with Gasteiger partial charge in [-0.15, -0.1) is 0 Å². The highest BCUT2D eigenvalue weighted by molar-refractivity contribution is 6.00. The van der Waals surface area contributed by atoms with Crippen molar-refractivity contribution in [2.24, 2.45) is 5.92 Å². The van der Waals surface area contributed by atoms with Gasteiger partial charge in [0, 0.05) is 12.1 Å². The van der Waals surface area contributed by atoms with Crippen LogP contribution in [-0.2, 0) is 4.79 Å². The lowest BCUT2D eigenvalue weighted by Crippen LogP contribution is -2.30. The lowest BCUT2D eigenvalue weighted by atomic mass is 9.99. The number of nitrogens with one attached hydrogen (secondary N) is 1. The van der Waals surface area contributed by atoms with Crippen LogP contribution in [0.3, 0.4) is 0 Å². The number of ketones is 1. The van der Waals surface area contributed by atoms with E-state index in [1.54, 1.807) is 24.3 Å². The summed E-state index contributed by atoms with van der Waals surface area (Å²) in [6, 6.07) is 8.59. The molecular weight excluding hydrogens is 206 g/mol. The number of hydrogen-bond acceptors (Lipinski definition) is 3. The maximum atomic E-state index is 12.0. The molecule has 4 heteroatoms. The number of carboxylic acids is 1. The molecule has 16 heavy (non-hydrogen) atoms. The Balaban J connectivity index is 2.05. The Kier molecular flexibility index (Phi) is 3.01. The first-order valence-electron chi connectivity index (χ1n) is 5.24. The summed E-state index contributed by atoms with van der Waals surface area (Å²) < 4.78 is 0. The minimum atomic E-state index is -0.837. The Morgan fingerprint density at radius 2 is 1.94 bits per heavy atom. The van der Waals surface area contributed by atoms with E-state index in [-0.39, 0.29) is 11.8 Å². The largest absolute Gasteiger partial charge is 0.481 e. The average Bonchev–Trinajstić information content (AvgIpc) is 2.78. The van der Waals surface area contributed by atoms with Crippen molar-refractivity contribution < 1.29 is 14.7 Å². The molecule has 0 amide bonds. The van der Waals surface area contributed by atoms with Crippen LogP contribution in [0.2, 0.25) is 0 Å². The molecule has 1 heterocycles. The van der Waals surface area contributed by atoms with Gasteiger partial charge in [0.25, 0.3) is 0 Å². The first-order valence-corrected chi connectivity index (χ1v) is 5.24. The summed E-state index contributed by atoms with van der Waals surface area (Å²) >= 11 is 0. The molecule has 2 unspecified atom stereocenters. The highest BCUT2D eigenvalue weighted by Gasteiger charge is 2.33. The third-order valence-electron chi connectivity index (χ3n) is 2.85. The molecule has 1 aliphatic rings. The van der Waals surface area contributed by atoms with Gasteiger partial charge in [0.1, 0.15) is 0 Å². The van der Waals surface area contributed by atoms with Crippen molar-refractivity contribution in [3.63, 3.8) is 0 Å². The number of benzene rings is 1. The molecule has 2 atom stereocenters. The van der Waals surface area contributed by atoms with Gasteiger partial charge in [0.05, 0.1) is 12.0 Å². The zero-order valence-electron chi connectivity index (χ0n) is 8.72. The van der Waals surface area contributed by atoms with Gasteiger partial charge in [-0.1, -0.05) is 30.3 Å². The van der Waals surface area contributed by atoms with E-state index in [2.05, 4.69) is 5.32 Å². The summed E-state index contributed by atoms with van der Waals surface area (Å²) in [5.41, 5.74) is 0.631. The molecule has 2 N–H and O–H groups in total. The Morgan fingerprint density at radius 3 is 2.50 bits per heavy atom. The van der Waals surface area contributed by atoms with E-state index in [0.29, 0.717) is 18.5 Å². The minimum Gasteiger partial charge on any atom is -0.481 e. The third kappa shape index (κ3) is 2.12. The molecule has 2 rings (SSSR count). The predicted octanol–water partition coefficient (Wildman–Crippen LogP) is 0.932. The number of aliphatic carboxylic acids is 1. The summed E-state index contributed by atoms with van der Waals surface area (Å²) in [6.07, 6.45) is 0.378. The summed E-state index contributed by atoms with van der Waals surface area (Å²) in [5, 5.41) is 11.8. The van der Waals surface area contributed by atoms with Crippen LogP contribution in [0, 0.1) is 5.92 Å². The van der Waals surface area contributed by atoms with E-state index in [4.69, 9.17) is 5.11 Å². The monoisotopic (exact) mass is 219 g/mol. The molecule has 0 saturated carbocycles. The number of carboxylic acid groups (broad SMARTS) is 1. The molecule has 0 aromatic heterocycles. The van der Waals surface area contributed by atoms with Crippen LogP contribution in [0.15, 0.2) is 30.3 Å². The maximum absolute atomic E-state index is 12.0. The molecular formula is C12H13NO3. The first kappa shape index (κ1) is 10.8. The fourth-order valence-electron chi connectivity index (χ4n) is 1.93. The van der Waals surface area contributed by atoms with Crippen LogP contribution >= 0.6 is 0 Å². The maximum Gasteiger partial charge on any atom is 0.307 e. The van der Waals surface area contributed by atoms with Crippen LogP contribution in [0.1, 0.15) is 16.8 Å². The number of carbonyl (C=O) groups excluding carboxylic acids is 1. The van der Waals surface area contributed by atoms with Gasteiger partial charge in [-0.3, -0.25) is 9.59 Å². The molecule has 1 aliphatic heterocycles. The molecule has 0 aliphatic carbocycles. The Morgan fingerprint density at radius 1 is 1.25 bits per heavy atom. The molecule has 0 spiro atoms. The van der Waals surface area contributed by atoms with E-state index < -0.39 is 11.9 Å². The second kappa shape index (κ2) is 4.45. The van der Waals surface area contributed by atoms with Gasteiger partial charge < -0.3 is 10.4 Å². The highest BCUT2D eigenvalue weighted by atomic mass is 16.4. The summed E-state index contributed by atoms with van der Waals surface area (Å²) in [5.74, 6) is -1.31. The van der Waals surface area contributed by atoms with Gasteiger partial charge in [-0.05, 0) is 6.42 Å². The number of carbonyl (C=O) groups is 2. The van der Waals surface area contributed by atoms with E-state index in [1.807, 2.05) is 6.07 Å². The molecule has 1 saturated heterocycles. The molecule has 1 aromatic carbocycles. The minimum absolute atomic E-state index is 0.0237. The fraction of sp³-hybridized carbons (Fsp3) is 0.333. The fourth-order valence-corrected chi connectivity index (χ4v) is 1.93. The second-order valence-electron chi connectivity index (χ2n) is 3.96. The zero-order valence-corrected chi connectivity index (χ0v) is 8.72. The van der Waals surface area contributed by atoms with E-state index >= 15 is 0 Å². The summed E-state index contributed by atoms with van der Waals surface area (Å²) in [6.45, 7) is 0.374. The van der Waals surface area contributed by atoms with Crippen LogP contribution in [0.4, 0.5) is 0 Å². The van der Waals surface area contributed by atoms with Crippen LogP contribution in [0.25, 0.3) is 0 Å². The van der Waals surface area contributed by atoms with Crippen LogP contribution in [0.5, 0.6) is 0 Å². The lowest BCUT2D eigenvalue weighted by Gasteiger charge is -2.08. The normalized spacial score (nSPS) is 24.2. The molecule has 1 fully saturated rings. The summed E-state index contributed by atoms with van der Waals surface area (Å²) in [7, 11) is 0. The van der Waals surface area contributed by atoms with E-state index in [9.17, 15) is 9.59 Å². The average molecular weight is 219 g/mol. The predicted molar refractivity (Wildman–Crippen MR) is 58.3 cm³/mol. The standard InChI is InChI=1S/C12H13NO3/c14-11(8-4-2-1-3-5-8)10-6-9(7-13-10)12(15)16/h1-5,9-10,13H,6-7H2,(H,15,16).